The van der Waals surface area contributed by atoms with Crippen LogP contribution in [0.4, 0.5) is 0 Å². The molecule has 1 aliphatic rings. The van der Waals surface area contributed by atoms with Crippen LogP contribution in [0.15, 0.2) is 29.3 Å². The topological polar surface area (TPSA) is 60.1 Å². The highest BCUT2D eigenvalue weighted by molar-refractivity contribution is 7.15. The molecule has 0 saturated carbocycles. The third-order valence-corrected chi connectivity index (χ3v) is 6.80. The molecule has 29 heavy (non-hydrogen) atoms. The molecule has 0 amide bonds. The van der Waals surface area contributed by atoms with Gasteiger partial charge < -0.3 is 0 Å². The quantitative estimate of drug-likeness (QED) is 0.608. The van der Waals surface area contributed by atoms with Gasteiger partial charge in [0.25, 0.3) is 0 Å². The van der Waals surface area contributed by atoms with Crippen LogP contribution in [0, 0.1) is 33.6 Å². The number of carbonyl (C=O) groups excluding carboxylic acids is 1. The van der Waals surface area contributed by atoms with Crippen molar-refractivity contribution in [2.45, 2.75) is 54.0 Å². The van der Waals surface area contributed by atoms with Crippen molar-refractivity contribution in [1.29, 1.82) is 0 Å². The SMILES string of the molecule is Cc1ccc(C2=N[C@@H](CC(=O)C(C)C)c3nnc(C)n3-c3sc(C)c(C)c32)cc1. The van der Waals surface area contributed by atoms with E-state index in [1.165, 1.54) is 16.0 Å². The highest BCUT2D eigenvalue weighted by Crippen LogP contribution is 2.39. The molecule has 0 N–H and O–H groups in total. The van der Waals surface area contributed by atoms with E-state index in [2.05, 4.69) is 59.8 Å². The van der Waals surface area contributed by atoms with Crippen molar-refractivity contribution in [1.82, 2.24) is 14.8 Å². The molecular formula is C23H26N4OS. The van der Waals surface area contributed by atoms with Crippen LogP contribution in [0.5, 0.6) is 0 Å². The minimum Gasteiger partial charge on any atom is -0.299 e. The lowest BCUT2D eigenvalue weighted by atomic mass is 9.98. The van der Waals surface area contributed by atoms with Gasteiger partial charge in [-0.3, -0.25) is 14.4 Å². The van der Waals surface area contributed by atoms with Crippen molar-refractivity contribution >= 4 is 22.8 Å². The lowest BCUT2D eigenvalue weighted by molar-refractivity contribution is -0.122. The number of fused-ring (bicyclic) bond motifs is 3. The van der Waals surface area contributed by atoms with E-state index in [0.29, 0.717) is 6.42 Å². The number of aliphatic imine (C=N–C) groups is 1. The van der Waals surface area contributed by atoms with Crippen molar-refractivity contribution in [3.8, 4) is 5.00 Å². The summed E-state index contributed by atoms with van der Waals surface area (Å²) < 4.78 is 2.10. The molecule has 0 aliphatic carbocycles. The van der Waals surface area contributed by atoms with Crippen molar-refractivity contribution < 1.29 is 4.79 Å². The third-order valence-electron chi connectivity index (χ3n) is 5.60. The zero-order chi connectivity index (χ0) is 20.9. The van der Waals surface area contributed by atoms with Crippen LogP contribution < -0.4 is 0 Å². The maximum absolute atomic E-state index is 12.6. The molecule has 0 bridgehead atoms. The predicted molar refractivity (Wildman–Crippen MR) is 117 cm³/mol. The Bertz CT molecular complexity index is 1120. The minimum absolute atomic E-state index is 0.0354. The number of rotatable bonds is 4. The highest BCUT2D eigenvalue weighted by atomic mass is 32.1. The van der Waals surface area contributed by atoms with E-state index >= 15 is 0 Å². The van der Waals surface area contributed by atoms with E-state index in [9.17, 15) is 4.79 Å². The fourth-order valence-corrected chi connectivity index (χ4v) is 4.88. The van der Waals surface area contributed by atoms with Gasteiger partial charge in [-0.15, -0.1) is 21.5 Å². The first-order valence-electron chi connectivity index (χ1n) is 9.98. The van der Waals surface area contributed by atoms with E-state index in [1.807, 2.05) is 20.8 Å². The van der Waals surface area contributed by atoms with Crippen molar-refractivity contribution in [3.63, 3.8) is 0 Å². The number of aryl methyl sites for hydroxylation is 3. The van der Waals surface area contributed by atoms with Crippen LogP contribution in [0.3, 0.4) is 0 Å². The van der Waals surface area contributed by atoms with E-state index in [1.54, 1.807) is 11.3 Å². The van der Waals surface area contributed by atoms with Gasteiger partial charge in [0.05, 0.1) is 5.71 Å². The van der Waals surface area contributed by atoms with Crippen LogP contribution in [0.1, 0.15) is 65.1 Å². The average Bonchev–Trinajstić information content (AvgIpc) is 3.15. The Morgan fingerprint density at radius 3 is 2.45 bits per heavy atom. The molecule has 3 heterocycles. The zero-order valence-corrected chi connectivity index (χ0v) is 18.6. The van der Waals surface area contributed by atoms with Gasteiger partial charge in [-0.1, -0.05) is 43.7 Å². The molecule has 150 valence electrons. The normalized spacial score (nSPS) is 15.7. The molecule has 0 fully saturated rings. The summed E-state index contributed by atoms with van der Waals surface area (Å²) in [6.45, 7) is 12.2. The number of ketones is 1. The summed E-state index contributed by atoms with van der Waals surface area (Å²) in [4.78, 5) is 19.0. The van der Waals surface area contributed by atoms with Gasteiger partial charge >= 0.3 is 0 Å². The van der Waals surface area contributed by atoms with Crippen LogP contribution in [-0.4, -0.2) is 26.3 Å². The van der Waals surface area contributed by atoms with Crippen LogP contribution in [0.25, 0.3) is 5.00 Å². The first-order valence-corrected chi connectivity index (χ1v) is 10.8. The number of hydrogen-bond donors (Lipinski definition) is 0. The molecule has 1 aromatic carbocycles. The van der Waals surface area contributed by atoms with Crippen molar-refractivity contribution in [3.05, 3.63) is 63.0 Å². The molecule has 5 nitrogen and oxygen atoms in total. The van der Waals surface area contributed by atoms with Gasteiger partial charge in [0, 0.05) is 28.3 Å². The number of Topliss-reactive ketones (excluding diaryl/α,β-unsaturated/α-hetero) is 1. The van der Waals surface area contributed by atoms with Crippen molar-refractivity contribution in [2.24, 2.45) is 10.9 Å². The molecule has 0 radical (unpaired) electrons. The Labute approximate surface area is 175 Å². The number of hydrogen-bond acceptors (Lipinski definition) is 5. The first kappa shape index (κ1) is 19.7. The fraction of sp³-hybridized carbons (Fsp3) is 0.391. The lowest BCUT2D eigenvalue weighted by Crippen LogP contribution is -2.14. The molecule has 1 atom stereocenters. The maximum Gasteiger partial charge on any atom is 0.163 e. The summed E-state index contributed by atoms with van der Waals surface area (Å²) in [5, 5.41) is 9.87. The Hall–Kier alpha value is -2.60. The van der Waals surface area contributed by atoms with Gasteiger partial charge in [0.2, 0.25) is 0 Å². The van der Waals surface area contributed by atoms with E-state index in [0.717, 1.165) is 33.5 Å². The summed E-state index contributed by atoms with van der Waals surface area (Å²) >= 11 is 1.74. The number of carbonyl (C=O) groups is 1. The zero-order valence-electron chi connectivity index (χ0n) is 17.8. The van der Waals surface area contributed by atoms with Crippen LogP contribution in [0.2, 0.25) is 0 Å². The molecule has 4 rings (SSSR count). The first-order chi connectivity index (χ1) is 13.8. The number of benzene rings is 1. The molecule has 0 saturated heterocycles. The number of aromatic nitrogens is 3. The number of nitrogens with zero attached hydrogens (tertiary/aromatic N) is 4. The molecular weight excluding hydrogens is 380 g/mol. The van der Waals surface area contributed by atoms with Gasteiger partial charge in [-0.05, 0) is 33.3 Å². The predicted octanol–water partition coefficient (Wildman–Crippen LogP) is 5.07. The molecule has 0 unspecified atom stereocenters. The third kappa shape index (κ3) is 3.35. The van der Waals surface area contributed by atoms with Gasteiger partial charge in [0.15, 0.2) is 5.82 Å². The van der Waals surface area contributed by atoms with Gasteiger partial charge in [-0.25, -0.2) is 0 Å². The molecule has 0 spiro atoms. The molecule has 1 aliphatic heterocycles. The summed E-state index contributed by atoms with van der Waals surface area (Å²) in [6, 6.07) is 8.10. The van der Waals surface area contributed by atoms with E-state index < -0.39 is 0 Å². The van der Waals surface area contributed by atoms with E-state index in [-0.39, 0.29) is 17.7 Å². The standard InChI is InChI=1S/C23H26N4OS/c1-12(2)19(28)11-18-22-26-25-16(6)27(22)23-20(14(4)15(5)29-23)21(24-18)17-9-7-13(3)8-10-17/h7-10,12,18H,11H2,1-6H3/t18-/m0/s1. The lowest BCUT2D eigenvalue weighted by Gasteiger charge is -2.13. The van der Waals surface area contributed by atoms with Gasteiger partial charge in [0.1, 0.15) is 22.7 Å². The highest BCUT2D eigenvalue weighted by Gasteiger charge is 2.32. The number of thiophene rings is 1. The second-order valence-electron chi connectivity index (χ2n) is 8.09. The summed E-state index contributed by atoms with van der Waals surface area (Å²) in [7, 11) is 0. The second kappa shape index (κ2) is 7.34. The smallest absolute Gasteiger partial charge is 0.163 e. The maximum atomic E-state index is 12.6. The summed E-state index contributed by atoms with van der Waals surface area (Å²) in [5.74, 6) is 1.73. The van der Waals surface area contributed by atoms with E-state index in [4.69, 9.17) is 4.99 Å². The Balaban J connectivity index is 1.99. The molecule has 6 heteroatoms. The Kier molecular flexibility index (Phi) is 4.99. The van der Waals surface area contributed by atoms with Crippen LogP contribution >= 0.6 is 11.3 Å². The minimum atomic E-state index is -0.346. The van der Waals surface area contributed by atoms with Crippen LogP contribution in [-0.2, 0) is 4.79 Å². The second-order valence-corrected chi connectivity index (χ2v) is 9.29. The average molecular weight is 407 g/mol. The summed E-state index contributed by atoms with van der Waals surface area (Å²) in [6.07, 6.45) is 0.331. The Morgan fingerprint density at radius 1 is 1.10 bits per heavy atom. The Morgan fingerprint density at radius 2 is 1.79 bits per heavy atom. The summed E-state index contributed by atoms with van der Waals surface area (Å²) in [5.41, 5.74) is 5.56. The van der Waals surface area contributed by atoms with Gasteiger partial charge in [-0.2, -0.15) is 0 Å². The monoisotopic (exact) mass is 406 g/mol. The molecule has 3 aromatic rings. The van der Waals surface area contributed by atoms with Crippen molar-refractivity contribution in [2.75, 3.05) is 0 Å². The largest absolute Gasteiger partial charge is 0.299 e. The fourth-order valence-electron chi connectivity index (χ4n) is 3.66. The molecule has 2 aromatic heterocycles.